The Labute approximate surface area is 182 Å². The molecule has 3 aromatic rings. The molecule has 156 valence electrons. The molecule has 1 atom stereocenters. The fraction of sp³-hybridized carbons (Fsp3) is 0.304. The monoisotopic (exact) mass is 471 g/mol. The first-order chi connectivity index (χ1) is 14.5. The number of ether oxygens (including phenoxy) is 2. The number of benzene rings is 2. The Morgan fingerprint density at radius 2 is 1.97 bits per heavy atom. The van der Waals surface area contributed by atoms with Crippen LogP contribution < -0.4 is 10.2 Å². The number of amides is 1. The van der Waals surface area contributed by atoms with Crippen molar-refractivity contribution in [1.82, 2.24) is 4.90 Å². The highest BCUT2D eigenvalue weighted by Gasteiger charge is 2.42. The molecule has 7 heteroatoms. The van der Waals surface area contributed by atoms with Crippen LogP contribution in [-0.4, -0.2) is 37.7 Å². The van der Waals surface area contributed by atoms with E-state index in [9.17, 15) is 9.59 Å². The van der Waals surface area contributed by atoms with E-state index in [-0.39, 0.29) is 17.1 Å². The first-order valence-electron chi connectivity index (χ1n) is 9.84. The molecule has 4 rings (SSSR count). The second kappa shape index (κ2) is 8.62. The maximum absolute atomic E-state index is 13.5. The van der Waals surface area contributed by atoms with Crippen LogP contribution >= 0.6 is 15.9 Å². The Hall–Kier alpha value is -2.64. The topological polar surface area (TPSA) is 69.0 Å². The largest absolute Gasteiger partial charge is 0.494 e. The molecule has 1 aliphatic heterocycles. The highest BCUT2D eigenvalue weighted by atomic mass is 79.9. The van der Waals surface area contributed by atoms with E-state index in [2.05, 4.69) is 15.9 Å². The van der Waals surface area contributed by atoms with Crippen LogP contribution in [0, 0.1) is 0 Å². The van der Waals surface area contributed by atoms with Gasteiger partial charge in [0, 0.05) is 18.1 Å². The minimum absolute atomic E-state index is 0.0933. The summed E-state index contributed by atoms with van der Waals surface area (Å²) in [5.74, 6) is 0.486. The molecule has 30 heavy (non-hydrogen) atoms. The van der Waals surface area contributed by atoms with E-state index in [0.717, 1.165) is 16.5 Å². The molecule has 0 N–H and O–H groups in total. The lowest BCUT2D eigenvalue weighted by Crippen LogP contribution is -2.32. The van der Waals surface area contributed by atoms with Gasteiger partial charge in [0.2, 0.25) is 5.76 Å². The van der Waals surface area contributed by atoms with Crippen LogP contribution in [0.3, 0.4) is 0 Å². The van der Waals surface area contributed by atoms with Crippen LogP contribution in [0.2, 0.25) is 0 Å². The second-order valence-electron chi connectivity index (χ2n) is 7.13. The summed E-state index contributed by atoms with van der Waals surface area (Å²) in [4.78, 5) is 28.3. The summed E-state index contributed by atoms with van der Waals surface area (Å²) in [7, 11) is 1.58. The summed E-state index contributed by atoms with van der Waals surface area (Å²) in [5.41, 5.74) is 1.34. The van der Waals surface area contributed by atoms with Gasteiger partial charge in [-0.25, -0.2) is 0 Å². The van der Waals surface area contributed by atoms with E-state index in [1.807, 2.05) is 31.2 Å². The Balaban J connectivity index is 1.90. The zero-order valence-electron chi connectivity index (χ0n) is 16.8. The third-order valence-electron chi connectivity index (χ3n) is 5.11. The number of halogens is 1. The van der Waals surface area contributed by atoms with E-state index >= 15 is 0 Å². The SMILES string of the molecule is CCCOc1cccc(C2c3c(oc4ccc(Br)cc4c3=O)C(=O)N2CCOC)c1. The van der Waals surface area contributed by atoms with Crippen LogP contribution in [0.4, 0.5) is 0 Å². The Morgan fingerprint density at radius 1 is 1.13 bits per heavy atom. The van der Waals surface area contributed by atoms with Crippen LogP contribution in [0.25, 0.3) is 11.0 Å². The van der Waals surface area contributed by atoms with Crippen molar-refractivity contribution in [3.05, 3.63) is 74.0 Å². The number of fused-ring (bicyclic) bond motifs is 2. The number of hydrogen-bond donors (Lipinski definition) is 0. The van der Waals surface area contributed by atoms with Crippen molar-refractivity contribution < 1.29 is 18.7 Å². The molecule has 1 unspecified atom stereocenters. The summed E-state index contributed by atoms with van der Waals surface area (Å²) in [6.07, 6.45) is 0.888. The average Bonchev–Trinajstić information content (AvgIpc) is 3.03. The zero-order valence-corrected chi connectivity index (χ0v) is 18.4. The van der Waals surface area contributed by atoms with Crippen molar-refractivity contribution in [1.29, 1.82) is 0 Å². The van der Waals surface area contributed by atoms with Gasteiger partial charge in [0.15, 0.2) is 5.43 Å². The maximum Gasteiger partial charge on any atom is 0.290 e. The molecule has 0 saturated heterocycles. The first-order valence-corrected chi connectivity index (χ1v) is 10.6. The van der Waals surface area contributed by atoms with Gasteiger partial charge in [-0.15, -0.1) is 0 Å². The summed E-state index contributed by atoms with van der Waals surface area (Å²) >= 11 is 3.41. The van der Waals surface area contributed by atoms with E-state index in [4.69, 9.17) is 13.9 Å². The predicted molar refractivity (Wildman–Crippen MR) is 117 cm³/mol. The van der Waals surface area contributed by atoms with Crippen LogP contribution in [0.15, 0.2) is 56.1 Å². The van der Waals surface area contributed by atoms with Gasteiger partial charge in [0.1, 0.15) is 11.3 Å². The van der Waals surface area contributed by atoms with Gasteiger partial charge < -0.3 is 18.8 Å². The fourth-order valence-corrected chi connectivity index (χ4v) is 4.11. The Bertz CT molecular complexity index is 1160. The predicted octanol–water partition coefficient (Wildman–Crippen LogP) is 4.54. The molecule has 0 spiro atoms. The molecule has 0 aliphatic carbocycles. The second-order valence-corrected chi connectivity index (χ2v) is 8.04. The van der Waals surface area contributed by atoms with Gasteiger partial charge in [-0.05, 0) is 42.3 Å². The van der Waals surface area contributed by atoms with Crippen molar-refractivity contribution in [2.75, 3.05) is 26.9 Å². The van der Waals surface area contributed by atoms with Gasteiger partial charge in [0.05, 0.1) is 30.2 Å². The third-order valence-corrected chi connectivity index (χ3v) is 5.60. The summed E-state index contributed by atoms with van der Waals surface area (Å²) < 4.78 is 17.7. The molecule has 0 radical (unpaired) electrons. The normalized spacial score (nSPS) is 15.6. The average molecular weight is 472 g/mol. The van der Waals surface area contributed by atoms with Gasteiger partial charge >= 0.3 is 0 Å². The first kappa shape index (κ1) is 20.6. The molecule has 2 heterocycles. The highest BCUT2D eigenvalue weighted by Crippen LogP contribution is 2.39. The van der Waals surface area contributed by atoms with E-state index in [1.165, 1.54) is 0 Å². The van der Waals surface area contributed by atoms with Crippen molar-refractivity contribution in [3.63, 3.8) is 0 Å². The van der Waals surface area contributed by atoms with E-state index in [1.54, 1.807) is 30.2 Å². The van der Waals surface area contributed by atoms with Crippen molar-refractivity contribution in [3.8, 4) is 5.75 Å². The van der Waals surface area contributed by atoms with Crippen LogP contribution in [-0.2, 0) is 4.74 Å². The third kappa shape index (κ3) is 3.63. The number of rotatable bonds is 7. The zero-order chi connectivity index (χ0) is 21.3. The fourth-order valence-electron chi connectivity index (χ4n) is 3.75. The molecule has 1 amide bonds. The van der Waals surface area contributed by atoms with Crippen LogP contribution in [0.5, 0.6) is 5.75 Å². The molecule has 6 nitrogen and oxygen atoms in total. The number of carbonyl (C=O) groups is 1. The highest BCUT2D eigenvalue weighted by molar-refractivity contribution is 9.10. The minimum Gasteiger partial charge on any atom is -0.494 e. The van der Waals surface area contributed by atoms with Gasteiger partial charge in [-0.1, -0.05) is 35.0 Å². The van der Waals surface area contributed by atoms with Crippen molar-refractivity contribution >= 4 is 32.8 Å². The molecule has 1 aromatic heterocycles. The van der Waals surface area contributed by atoms with Crippen molar-refractivity contribution in [2.45, 2.75) is 19.4 Å². The lowest BCUT2D eigenvalue weighted by Gasteiger charge is -2.25. The molecular formula is C23H22BrNO5. The number of carbonyl (C=O) groups excluding carboxylic acids is 1. The minimum atomic E-state index is -0.563. The van der Waals surface area contributed by atoms with Crippen molar-refractivity contribution in [2.24, 2.45) is 0 Å². The Kier molecular flexibility index (Phi) is 5.92. The van der Waals surface area contributed by atoms with Gasteiger partial charge in [-0.3, -0.25) is 9.59 Å². The summed E-state index contributed by atoms with van der Waals surface area (Å²) in [6, 6.07) is 12.2. The van der Waals surface area contributed by atoms with E-state index in [0.29, 0.717) is 42.0 Å². The van der Waals surface area contributed by atoms with Gasteiger partial charge in [0.25, 0.3) is 5.91 Å². The summed E-state index contributed by atoms with van der Waals surface area (Å²) in [6.45, 7) is 3.32. The smallest absolute Gasteiger partial charge is 0.290 e. The lowest BCUT2D eigenvalue weighted by atomic mass is 9.98. The molecule has 0 bridgehead atoms. The quantitative estimate of drug-likeness (QED) is 0.505. The molecule has 0 fully saturated rings. The summed E-state index contributed by atoms with van der Waals surface area (Å²) in [5, 5.41) is 0.438. The lowest BCUT2D eigenvalue weighted by molar-refractivity contribution is 0.0663. The van der Waals surface area contributed by atoms with Crippen LogP contribution in [0.1, 0.15) is 41.1 Å². The molecule has 0 saturated carbocycles. The number of hydrogen-bond acceptors (Lipinski definition) is 5. The van der Waals surface area contributed by atoms with E-state index < -0.39 is 6.04 Å². The molecule has 2 aromatic carbocycles. The number of methoxy groups -OCH3 is 1. The standard InChI is InChI=1S/C23H22BrNO5/c1-3-10-29-16-6-4-5-14(12-16)20-19-21(26)17-13-15(24)7-8-18(17)30-22(19)23(27)25(20)9-11-28-2/h4-8,12-13,20H,3,9-11H2,1-2H3. The molecular weight excluding hydrogens is 450 g/mol. The van der Waals surface area contributed by atoms with Gasteiger partial charge in [-0.2, -0.15) is 0 Å². The Morgan fingerprint density at radius 3 is 2.73 bits per heavy atom. The maximum atomic E-state index is 13.5. The number of nitrogens with zero attached hydrogens (tertiary/aromatic N) is 1. The molecule has 1 aliphatic rings.